The molecule has 0 spiro atoms. The van der Waals surface area contributed by atoms with Gasteiger partial charge in [-0.3, -0.25) is 4.98 Å². The van der Waals surface area contributed by atoms with E-state index in [1.54, 1.807) is 19.2 Å². The molecule has 0 aliphatic carbocycles. The Morgan fingerprint density at radius 1 is 1.16 bits per heavy atom. The molecule has 0 amide bonds. The van der Waals surface area contributed by atoms with E-state index < -0.39 is 10.0 Å². The Morgan fingerprint density at radius 2 is 1.94 bits per heavy atom. The summed E-state index contributed by atoms with van der Waals surface area (Å²) in [5.41, 5.74) is 2.45. The smallest absolute Gasteiger partial charge is 0.354 e. The van der Waals surface area contributed by atoms with Crippen LogP contribution in [0.1, 0.15) is 35.0 Å². The minimum atomic E-state index is -3.63. The Morgan fingerprint density at radius 3 is 2.62 bits per heavy atom. The summed E-state index contributed by atoms with van der Waals surface area (Å²) < 4.78 is 34.5. The number of aryl methyl sites for hydroxylation is 2. The average molecular weight is 476 g/mol. The number of ether oxygens (including phenoxy) is 1. The number of carbonyl (C=O) groups is 1. The Labute approximate surface area is 193 Å². The third-order valence-corrected chi connectivity index (χ3v) is 6.58. The van der Waals surface area contributed by atoms with Crippen LogP contribution >= 0.6 is 11.6 Å². The summed E-state index contributed by atoms with van der Waals surface area (Å²) >= 11 is 5.82. The second-order valence-corrected chi connectivity index (χ2v) is 9.42. The van der Waals surface area contributed by atoms with Gasteiger partial charge in [-0.2, -0.15) is 0 Å². The van der Waals surface area contributed by atoms with Crippen molar-refractivity contribution >= 4 is 27.6 Å². The molecule has 170 valence electrons. The summed E-state index contributed by atoms with van der Waals surface area (Å²) in [6.07, 6.45) is 7.56. The standard InChI is InChI=1S/C23H26ClN3O4S/c1-2-31-23(28)22-15-19(17-27(22)14-4-6-18-5-3-12-25-16-18)11-13-26-32(29,30)21-9-7-20(24)8-10-21/h3,5,7-10,12,15-17,26H,2,4,6,11,13-14H2,1H3. The van der Waals surface area contributed by atoms with Crippen molar-refractivity contribution in [2.24, 2.45) is 0 Å². The van der Waals surface area contributed by atoms with Gasteiger partial charge in [-0.25, -0.2) is 17.9 Å². The number of carbonyl (C=O) groups excluding carboxylic acids is 1. The van der Waals surface area contributed by atoms with E-state index in [1.807, 2.05) is 29.1 Å². The maximum absolute atomic E-state index is 12.4. The fraction of sp³-hybridized carbons (Fsp3) is 0.304. The lowest BCUT2D eigenvalue weighted by atomic mass is 10.1. The van der Waals surface area contributed by atoms with Gasteiger partial charge in [0, 0.05) is 36.7 Å². The predicted molar refractivity (Wildman–Crippen MR) is 123 cm³/mol. The highest BCUT2D eigenvalue weighted by atomic mass is 35.5. The van der Waals surface area contributed by atoms with E-state index in [1.165, 1.54) is 24.3 Å². The fourth-order valence-electron chi connectivity index (χ4n) is 3.29. The van der Waals surface area contributed by atoms with E-state index in [0.717, 1.165) is 24.0 Å². The molecule has 0 saturated heterocycles. The largest absolute Gasteiger partial charge is 0.461 e. The maximum Gasteiger partial charge on any atom is 0.354 e. The van der Waals surface area contributed by atoms with Crippen molar-refractivity contribution in [1.82, 2.24) is 14.3 Å². The van der Waals surface area contributed by atoms with Gasteiger partial charge in [0.15, 0.2) is 0 Å². The number of hydrogen-bond donors (Lipinski definition) is 1. The molecule has 3 rings (SSSR count). The second kappa shape index (κ2) is 11.3. The number of sulfonamides is 1. The van der Waals surface area contributed by atoms with Gasteiger partial charge in [-0.05, 0) is 73.7 Å². The molecule has 0 fully saturated rings. The number of nitrogens with one attached hydrogen (secondary N) is 1. The normalized spacial score (nSPS) is 11.4. The van der Waals surface area contributed by atoms with Crippen LogP contribution in [-0.2, 0) is 34.1 Å². The molecule has 0 aliphatic heterocycles. The Balaban J connectivity index is 1.63. The monoisotopic (exact) mass is 475 g/mol. The van der Waals surface area contributed by atoms with Crippen molar-refractivity contribution in [3.8, 4) is 0 Å². The van der Waals surface area contributed by atoms with Gasteiger partial charge in [0.2, 0.25) is 10.0 Å². The highest BCUT2D eigenvalue weighted by Crippen LogP contribution is 2.15. The Hall–Kier alpha value is -2.68. The number of aromatic nitrogens is 2. The van der Waals surface area contributed by atoms with Gasteiger partial charge in [0.1, 0.15) is 5.69 Å². The molecule has 3 aromatic rings. The van der Waals surface area contributed by atoms with Crippen LogP contribution in [0.4, 0.5) is 0 Å². The maximum atomic E-state index is 12.4. The van der Waals surface area contributed by atoms with Crippen LogP contribution in [0.3, 0.4) is 0 Å². The predicted octanol–water partition coefficient (Wildman–Crippen LogP) is 3.87. The first-order chi connectivity index (χ1) is 15.4. The van der Waals surface area contributed by atoms with E-state index in [4.69, 9.17) is 16.3 Å². The topological polar surface area (TPSA) is 90.3 Å². The first-order valence-corrected chi connectivity index (χ1v) is 12.3. The van der Waals surface area contributed by atoms with Crippen molar-refractivity contribution in [3.63, 3.8) is 0 Å². The SMILES string of the molecule is CCOC(=O)c1cc(CCNS(=O)(=O)c2ccc(Cl)cc2)cn1CCCc1cccnc1. The molecule has 0 unspecified atom stereocenters. The van der Waals surface area contributed by atoms with Gasteiger partial charge >= 0.3 is 5.97 Å². The molecule has 0 atom stereocenters. The highest BCUT2D eigenvalue weighted by Gasteiger charge is 2.17. The summed E-state index contributed by atoms with van der Waals surface area (Å²) in [6, 6.07) is 11.7. The molecular formula is C23H26ClN3O4S. The lowest BCUT2D eigenvalue weighted by Crippen LogP contribution is -2.25. The molecule has 2 aromatic heterocycles. The number of benzene rings is 1. The molecule has 32 heavy (non-hydrogen) atoms. The zero-order chi connectivity index (χ0) is 23.0. The molecule has 0 bridgehead atoms. The number of halogens is 1. The third-order valence-electron chi connectivity index (χ3n) is 4.85. The molecule has 2 heterocycles. The lowest BCUT2D eigenvalue weighted by Gasteiger charge is -2.08. The van der Waals surface area contributed by atoms with Gasteiger partial charge in [0.25, 0.3) is 0 Å². The van der Waals surface area contributed by atoms with Gasteiger partial charge in [0.05, 0.1) is 11.5 Å². The highest BCUT2D eigenvalue weighted by molar-refractivity contribution is 7.89. The minimum absolute atomic E-state index is 0.155. The van der Waals surface area contributed by atoms with Crippen molar-refractivity contribution in [2.45, 2.75) is 37.6 Å². The molecule has 0 radical (unpaired) electrons. The zero-order valence-electron chi connectivity index (χ0n) is 17.8. The molecular weight excluding hydrogens is 450 g/mol. The molecule has 1 N–H and O–H groups in total. The van der Waals surface area contributed by atoms with Crippen molar-refractivity contribution < 1.29 is 17.9 Å². The van der Waals surface area contributed by atoms with Crippen LogP contribution in [0.15, 0.2) is 66.0 Å². The van der Waals surface area contributed by atoms with E-state index in [2.05, 4.69) is 9.71 Å². The minimum Gasteiger partial charge on any atom is -0.461 e. The molecule has 0 aliphatic rings. The summed E-state index contributed by atoms with van der Waals surface area (Å²) in [5.74, 6) is -0.387. The number of esters is 1. The molecule has 0 saturated carbocycles. The molecule has 1 aromatic carbocycles. The van der Waals surface area contributed by atoms with E-state index >= 15 is 0 Å². The van der Waals surface area contributed by atoms with Crippen LogP contribution in [-0.4, -0.2) is 37.1 Å². The summed E-state index contributed by atoms with van der Waals surface area (Å²) in [7, 11) is -3.63. The number of pyridine rings is 1. The summed E-state index contributed by atoms with van der Waals surface area (Å²) in [4.78, 5) is 16.7. The fourth-order valence-corrected chi connectivity index (χ4v) is 4.45. The quantitative estimate of drug-likeness (QED) is 0.425. The van der Waals surface area contributed by atoms with Gasteiger partial charge < -0.3 is 9.30 Å². The van der Waals surface area contributed by atoms with Gasteiger partial charge in [-0.15, -0.1) is 0 Å². The zero-order valence-corrected chi connectivity index (χ0v) is 19.4. The Bertz CT molecular complexity index is 1130. The van der Waals surface area contributed by atoms with Crippen molar-refractivity contribution in [2.75, 3.05) is 13.2 Å². The average Bonchev–Trinajstić information content (AvgIpc) is 3.18. The van der Waals surface area contributed by atoms with Crippen LogP contribution in [0.25, 0.3) is 0 Å². The number of hydrogen-bond acceptors (Lipinski definition) is 5. The van der Waals surface area contributed by atoms with Crippen molar-refractivity contribution in [3.05, 3.63) is 82.9 Å². The van der Waals surface area contributed by atoms with E-state index in [9.17, 15) is 13.2 Å². The van der Waals surface area contributed by atoms with E-state index in [-0.39, 0.29) is 24.0 Å². The first-order valence-electron chi connectivity index (χ1n) is 10.4. The van der Waals surface area contributed by atoms with Crippen LogP contribution in [0.5, 0.6) is 0 Å². The Kier molecular flexibility index (Phi) is 8.44. The van der Waals surface area contributed by atoms with E-state index in [0.29, 0.717) is 23.7 Å². The molecule has 7 nitrogen and oxygen atoms in total. The van der Waals surface area contributed by atoms with Gasteiger partial charge in [-0.1, -0.05) is 17.7 Å². The number of nitrogens with zero attached hydrogens (tertiary/aromatic N) is 2. The van der Waals surface area contributed by atoms with Crippen molar-refractivity contribution in [1.29, 1.82) is 0 Å². The van der Waals surface area contributed by atoms with Crippen LogP contribution < -0.4 is 4.72 Å². The summed E-state index contributed by atoms with van der Waals surface area (Å²) in [5, 5.41) is 0.473. The summed E-state index contributed by atoms with van der Waals surface area (Å²) in [6.45, 7) is 2.89. The van der Waals surface area contributed by atoms with Crippen LogP contribution in [0, 0.1) is 0 Å². The second-order valence-electron chi connectivity index (χ2n) is 7.21. The number of rotatable bonds is 11. The first kappa shape index (κ1) is 24.0. The lowest BCUT2D eigenvalue weighted by molar-refractivity contribution is 0.0513. The third kappa shape index (κ3) is 6.66. The van der Waals surface area contributed by atoms with Crippen LogP contribution in [0.2, 0.25) is 5.02 Å². The molecule has 9 heteroatoms.